The lowest BCUT2D eigenvalue weighted by Gasteiger charge is -2.06. The van der Waals surface area contributed by atoms with Crippen LogP contribution in [0.5, 0.6) is 5.75 Å². The van der Waals surface area contributed by atoms with E-state index in [1.165, 1.54) is 0 Å². The molecule has 0 unspecified atom stereocenters. The van der Waals surface area contributed by atoms with E-state index >= 15 is 0 Å². The van der Waals surface area contributed by atoms with E-state index in [4.69, 9.17) is 9.26 Å². The predicted octanol–water partition coefficient (Wildman–Crippen LogP) is 3.78. The molecule has 0 aliphatic rings. The molecule has 0 saturated heterocycles. The van der Waals surface area contributed by atoms with Crippen molar-refractivity contribution in [1.82, 2.24) is 5.16 Å². The molecule has 1 N–H and O–H groups in total. The van der Waals surface area contributed by atoms with Crippen LogP contribution >= 0.6 is 0 Å². The monoisotopic (exact) mass is 289 g/mol. The van der Waals surface area contributed by atoms with Crippen LogP contribution in [0, 0.1) is 0 Å². The van der Waals surface area contributed by atoms with Gasteiger partial charge in [-0.1, -0.05) is 31.1 Å². The quantitative estimate of drug-likeness (QED) is 0.839. The highest BCUT2D eigenvalue weighted by Crippen LogP contribution is 2.29. The number of hydrogen-bond donors (Lipinski definition) is 1. The number of aromatic carboxylic acids is 1. The van der Waals surface area contributed by atoms with E-state index in [-0.39, 0.29) is 5.56 Å². The minimum atomic E-state index is -1.02. The zero-order valence-corrected chi connectivity index (χ0v) is 12.3. The van der Waals surface area contributed by atoms with Gasteiger partial charge >= 0.3 is 5.97 Å². The fourth-order valence-corrected chi connectivity index (χ4v) is 2.09. The number of aryl methyl sites for hydroxylation is 1. The Kier molecular flexibility index (Phi) is 4.98. The van der Waals surface area contributed by atoms with E-state index in [1.54, 1.807) is 12.1 Å². The third-order valence-corrected chi connectivity index (χ3v) is 3.03. The molecule has 5 heteroatoms. The summed E-state index contributed by atoms with van der Waals surface area (Å²) in [6, 6.07) is 7.25. The van der Waals surface area contributed by atoms with Gasteiger partial charge in [-0.15, -0.1) is 0 Å². The highest BCUT2D eigenvalue weighted by atomic mass is 16.5. The summed E-state index contributed by atoms with van der Waals surface area (Å²) >= 11 is 0. The van der Waals surface area contributed by atoms with Gasteiger partial charge in [-0.3, -0.25) is 0 Å². The van der Waals surface area contributed by atoms with Crippen molar-refractivity contribution in [3.8, 4) is 17.0 Å². The van der Waals surface area contributed by atoms with Gasteiger partial charge in [0.2, 0.25) is 0 Å². The standard InChI is InChI=1S/C16H19NO4/c1-3-6-13-14(16(18)19)15(17-21-13)11-7-5-8-12(10-11)20-9-4-2/h5,7-8,10H,3-4,6,9H2,1-2H3,(H,18,19). The molecule has 2 rings (SSSR count). The largest absolute Gasteiger partial charge is 0.494 e. The third kappa shape index (κ3) is 3.42. The molecule has 0 bridgehead atoms. The van der Waals surface area contributed by atoms with Gasteiger partial charge in [-0.25, -0.2) is 4.79 Å². The highest BCUT2D eigenvalue weighted by molar-refractivity contribution is 5.95. The predicted molar refractivity (Wildman–Crippen MR) is 78.7 cm³/mol. The summed E-state index contributed by atoms with van der Waals surface area (Å²) < 4.78 is 10.8. The maximum absolute atomic E-state index is 11.5. The van der Waals surface area contributed by atoms with Gasteiger partial charge in [-0.2, -0.15) is 0 Å². The average Bonchev–Trinajstić information content (AvgIpc) is 2.90. The van der Waals surface area contributed by atoms with E-state index in [0.29, 0.717) is 35.8 Å². The van der Waals surface area contributed by atoms with Crippen LogP contribution < -0.4 is 4.74 Å². The summed E-state index contributed by atoms with van der Waals surface area (Å²) in [5, 5.41) is 13.3. The van der Waals surface area contributed by atoms with Crippen molar-refractivity contribution in [1.29, 1.82) is 0 Å². The molecule has 0 fully saturated rings. The SMILES string of the molecule is CCCOc1cccc(-c2noc(CCC)c2C(=O)O)c1. The number of ether oxygens (including phenoxy) is 1. The lowest BCUT2D eigenvalue weighted by Crippen LogP contribution is -2.01. The summed E-state index contributed by atoms with van der Waals surface area (Å²) in [4.78, 5) is 11.5. The van der Waals surface area contributed by atoms with Crippen LogP contribution in [0.15, 0.2) is 28.8 Å². The Morgan fingerprint density at radius 3 is 2.81 bits per heavy atom. The number of carboxylic acid groups (broad SMARTS) is 1. The molecule has 21 heavy (non-hydrogen) atoms. The zero-order chi connectivity index (χ0) is 15.2. The summed E-state index contributed by atoms with van der Waals surface area (Å²) in [7, 11) is 0. The Balaban J connectivity index is 2.39. The summed E-state index contributed by atoms with van der Waals surface area (Å²) in [6.07, 6.45) is 2.27. The first kappa shape index (κ1) is 15.1. The van der Waals surface area contributed by atoms with E-state index in [1.807, 2.05) is 26.0 Å². The molecule has 1 aromatic carbocycles. The maximum atomic E-state index is 11.5. The number of hydrogen-bond acceptors (Lipinski definition) is 4. The van der Waals surface area contributed by atoms with Crippen molar-refractivity contribution >= 4 is 5.97 Å². The summed E-state index contributed by atoms with van der Waals surface area (Å²) in [6.45, 7) is 4.61. The third-order valence-electron chi connectivity index (χ3n) is 3.03. The lowest BCUT2D eigenvalue weighted by molar-refractivity contribution is 0.0695. The Bertz CT molecular complexity index is 618. The molecule has 112 valence electrons. The van der Waals surface area contributed by atoms with Crippen LogP contribution in [0.1, 0.15) is 42.8 Å². The molecule has 2 aromatic rings. The number of nitrogens with zero attached hydrogens (tertiary/aromatic N) is 1. The smallest absolute Gasteiger partial charge is 0.341 e. The van der Waals surface area contributed by atoms with Gasteiger partial charge in [-0.05, 0) is 25.0 Å². The summed E-state index contributed by atoms with van der Waals surface area (Å²) in [5.74, 6) is 0.0974. The molecule has 0 atom stereocenters. The van der Waals surface area contributed by atoms with Crippen LogP contribution in [0.2, 0.25) is 0 Å². The molecule has 0 saturated carbocycles. The Labute approximate surface area is 123 Å². The van der Waals surface area contributed by atoms with Gasteiger partial charge in [0.15, 0.2) is 5.76 Å². The minimum absolute atomic E-state index is 0.143. The number of carboxylic acids is 1. The van der Waals surface area contributed by atoms with E-state index in [9.17, 15) is 9.90 Å². The topological polar surface area (TPSA) is 72.6 Å². The lowest BCUT2D eigenvalue weighted by atomic mass is 10.0. The van der Waals surface area contributed by atoms with Gasteiger partial charge in [0.25, 0.3) is 0 Å². The van der Waals surface area contributed by atoms with Gasteiger partial charge in [0, 0.05) is 12.0 Å². The number of carbonyl (C=O) groups is 1. The van der Waals surface area contributed by atoms with Crippen LogP contribution in [0.3, 0.4) is 0 Å². The van der Waals surface area contributed by atoms with E-state index in [0.717, 1.165) is 12.8 Å². The molecule has 0 radical (unpaired) electrons. The molecule has 1 heterocycles. The normalized spacial score (nSPS) is 10.6. The fraction of sp³-hybridized carbons (Fsp3) is 0.375. The van der Waals surface area contributed by atoms with Gasteiger partial charge in [0.1, 0.15) is 17.0 Å². The van der Waals surface area contributed by atoms with E-state index in [2.05, 4.69) is 5.16 Å². The Morgan fingerprint density at radius 2 is 2.14 bits per heavy atom. The Morgan fingerprint density at radius 1 is 1.33 bits per heavy atom. The second kappa shape index (κ2) is 6.92. The second-order valence-corrected chi connectivity index (χ2v) is 4.76. The zero-order valence-electron chi connectivity index (χ0n) is 12.3. The van der Waals surface area contributed by atoms with Crippen LogP contribution in [-0.2, 0) is 6.42 Å². The number of benzene rings is 1. The fourth-order valence-electron chi connectivity index (χ4n) is 2.09. The van der Waals surface area contributed by atoms with Crippen LogP contribution in [-0.4, -0.2) is 22.8 Å². The molecule has 5 nitrogen and oxygen atoms in total. The first-order chi connectivity index (χ1) is 10.2. The van der Waals surface area contributed by atoms with E-state index < -0.39 is 5.97 Å². The molecule has 0 amide bonds. The number of aromatic nitrogens is 1. The van der Waals surface area contributed by atoms with Crippen molar-refractivity contribution in [2.75, 3.05) is 6.61 Å². The van der Waals surface area contributed by atoms with Crippen molar-refractivity contribution in [3.63, 3.8) is 0 Å². The first-order valence-corrected chi connectivity index (χ1v) is 7.12. The van der Waals surface area contributed by atoms with Crippen molar-refractivity contribution < 1.29 is 19.2 Å². The highest BCUT2D eigenvalue weighted by Gasteiger charge is 2.23. The van der Waals surface area contributed by atoms with Gasteiger partial charge < -0.3 is 14.4 Å². The van der Waals surface area contributed by atoms with Crippen LogP contribution in [0.4, 0.5) is 0 Å². The Hall–Kier alpha value is -2.30. The number of rotatable bonds is 7. The minimum Gasteiger partial charge on any atom is -0.494 e. The first-order valence-electron chi connectivity index (χ1n) is 7.12. The molecular weight excluding hydrogens is 270 g/mol. The average molecular weight is 289 g/mol. The molecule has 1 aromatic heterocycles. The van der Waals surface area contributed by atoms with Gasteiger partial charge in [0.05, 0.1) is 6.61 Å². The molecule has 0 spiro atoms. The second-order valence-electron chi connectivity index (χ2n) is 4.76. The van der Waals surface area contributed by atoms with Crippen molar-refractivity contribution in [2.45, 2.75) is 33.1 Å². The summed E-state index contributed by atoms with van der Waals surface area (Å²) in [5.41, 5.74) is 1.18. The molecule has 0 aliphatic heterocycles. The molecular formula is C16H19NO4. The molecule has 0 aliphatic carbocycles. The van der Waals surface area contributed by atoms with Crippen LogP contribution in [0.25, 0.3) is 11.3 Å². The maximum Gasteiger partial charge on any atom is 0.341 e. The van der Waals surface area contributed by atoms with Crippen molar-refractivity contribution in [3.05, 3.63) is 35.6 Å². The van der Waals surface area contributed by atoms with Crippen molar-refractivity contribution in [2.24, 2.45) is 0 Å².